The van der Waals surface area contributed by atoms with Crippen molar-refractivity contribution < 1.29 is 22.7 Å². The summed E-state index contributed by atoms with van der Waals surface area (Å²) >= 11 is 9.87. The third-order valence-electron chi connectivity index (χ3n) is 7.20. The minimum absolute atomic E-state index is 0.0110. The van der Waals surface area contributed by atoms with Crippen LogP contribution in [-0.2, 0) is 32.6 Å². The lowest BCUT2D eigenvalue weighted by Crippen LogP contribution is -2.53. The third-order valence-corrected chi connectivity index (χ3v) is 9.81. The molecular weight excluding hydrogens is 678 g/mol. The first-order valence-corrected chi connectivity index (χ1v) is 16.9. The number of sulfonamides is 1. The predicted octanol–water partition coefficient (Wildman–Crippen LogP) is 6.39. The molecular formula is C34H35BrClN3O5S. The lowest BCUT2D eigenvalue weighted by atomic mass is 10.0. The average Bonchev–Trinajstić information content (AvgIpc) is 3.03. The number of nitrogens with zero attached hydrogens (tertiary/aromatic N) is 2. The van der Waals surface area contributed by atoms with E-state index in [1.165, 1.54) is 36.3 Å². The molecule has 0 aliphatic rings. The molecule has 11 heteroatoms. The number of anilines is 1. The molecule has 236 valence electrons. The topological polar surface area (TPSA) is 96.0 Å². The van der Waals surface area contributed by atoms with Crippen molar-refractivity contribution >= 4 is 55.1 Å². The molecule has 1 N–H and O–H groups in total. The molecule has 45 heavy (non-hydrogen) atoms. The van der Waals surface area contributed by atoms with Gasteiger partial charge in [-0.3, -0.25) is 13.9 Å². The van der Waals surface area contributed by atoms with E-state index >= 15 is 0 Å². The molecule has 0 spiro atoms. The summed E-state index contributed by atoms with van der Waals surface area (Å²) in [6.07, 6.45) is 0.230. The van der Waals surface area contributed by atoms with Gasteiger partial charge in [-0.25, -0.2) is 8.42 Å². The van der Waals surface area contributed by atoms with Gasteiger partial charge >= 0.3 is 0 Å². The van der Waals surface area contributed by atoms with Crippen LogP contribution in [-0.4, -0.2) is 51.4 Å². The Kier molecular flexibility index (Phi) is 11.7. The van der Waals surface area contributed by atoms with Crippen LogP contribution in [0, 0.1) is 6.92 Å². The summed E-state index contributed by atoms with van der Waals surface area (Å²) in [5.74, 6) is -0.546. The maximum absolute atomic E-state index is 14.5. The van der Waals surface area contributed by atoms with Crippen LogP contribution in [0.3, 0.4) is 0 Å². The van der Waals surface area contributed by atoms with Gasteiger partial charge in [-0.1, -0.05) is 87.7 Å². The largest absolute Gasteiger partial charge is 0.495 e. The lowest BCUT2D eigenvalue weighted by molar-refractivity contribution is -0.140. The highest BCUT2D eigenvalue weighted by molar-refractivity contribution is 9.10. The Morgan fingerprint density at radius 1 is 0.933 bits per heavy atom. The quantitative estimate of drug-likeness (QED) is 0.173. The second-order valence-electron chi connectivity index (χ2n) is 10.4. The molecule has 0 saturated heterocycles. The summed E-state index contributed by atoms with van der Waals surface area (Å²) in [5.41, 5.74) is 2.69. The number of likely N-dealkylation sites (N-methyl/N-ethyl adjacent to an activating group) is 1. The van der Waals surface area contributed by atoms with Crippen LogP contribution in [0.4, 0.5) is 5.69 Å². The van der Waals surface area contributed by atoms with E-state index in [1.807, 2.05) is 68.4 Å². The van der Waals surface area contributed by atoms with Crippen LogP contribution >= 0.6 is 27.5 Å². The Hall–Kier alpha value is -3.86. The Morgan fingerprint density at radius 3 is 2.20 bits per heavy atom. The number of benzene rings is 4. The number of carbonyl (C=O) groups is 2. The van der Waals surface area contributed by atoms with Gasteiger partial charge in [0.1, 0.15) is 18.3 Å². The van der Waals surface area contributed by atoms with E-state index in [9.17, 15) is 18.0 Å². The van der Waals surface area contributed by atoms with Crippen LogP contribution in [0.25, 0.3) is 0 Å². The van der Waals surface area contributed by atoms with Crippen molar-refractivity contribution in [1.29, 1.82) is 0 Å². The minimum Gasteiger partial charge on any atom is -0.495 e. The van der Waals surface area contributed by atoms with E-state index in [0.717, 1.165) is 25.5 Å². The molecule has 0 bridgehead atoms. The molecule has 4 aromatic carbocycles. The molecule has 8 nitrogen and oxygen atoms in total. The van der Waals surface area contributed by atoms with Crippen molar-refractivity contribution in [2.75, 3.05) is 24.5 Å². The molecule has 0 aliphatic carbocycles. The normalized spacial score (nSPS) is 11.8. The number of carbonyl (C=O) groups excluding carboxylic acids is 2. The molecule has 0 fully saturated rings. The number of aryl methyl sites for hydroxylation is 1. The van der Waals surface area contributed by atoms with Gasteiger partial charge in [0.05, 0.1) is 22.7 Å². The van der Waals surface area contributed by atoms with Gasteiger partial charge in [-0.05, 0) is 67.4 Å². The standard InChI is InChI=1S/C34H35BrClN3O5S/c1-4-37-34(41)31(20-25-8-6-5-7-9-25)38(22-26-12-14-27(35)15-13-26)33(40)23-39(28-16-19-32(44-3)30(36)21-28)45(42,43)29-17-10-24(2)11-18-29/h5-19,21,31H,4,20,22-23H2,1-3H3,(H,37,41). The molecule has 0 heterocycles. The highest BCUT2D eigenvalue weighted by Crippen LogP contribution is 2.32. The highest BCUT2D eigenvalue weighted by atomic mass is 79.9. The number of halogens is 2. The fraction of sp³-hybridized carbons (Fsp3) is 0.235. The second-order valence-corrected chi connectivity index (χ2v) is 13.6. The van der Waals surface area contributed by atoms with Gasteiger partial charge in [0.15, 0.2) is 0 Å². The number of hydrogen-bond acceptors (Lipinski definition) is 5. The summed E-state index contributed by atoms with van der Waals surface area (Å²) in [6.45, 7) is 3.52. The van der Waals surface area contributed by atoms with E-state index in [2.05, 4.69) is 21.2 Å². The average molecular weight is 713 g/mol. The summed E-state index contributed by atoms with van der Waals surface area (Å²) < 4.78 is 35.5. The molecule has 4 rings (SSSR count). The Labute approximate surface area is 278 Å². The predicted molar refractivity (Wildman–Crippen MR) is 181 cm³/mol. The van der Waals surface area contributed by atoms with Gasteiger partial charge in [0, 0.05) is 24.0 Å². The maximum Gasteiger partial charge on any atom is 0.264 e. The lowest BCUT2D eigenvalue weighted by Gasteiger charge is -2.34. The third kappa shape index (κ3) is 8.65. The Balaban J connectivity index is 1.81. The number of hydrogen-bond donors (Lipinski definition) is 1. The smallest absolute Gasteiger partial charge is 0.264 e. The van der Waals surface area contributed by atoms with Crippen molar-refractivity contribution in [2.45, 2.75) is 37.8 Å². The maximum atomic E-state index is 14.5. The number of amides is 2. The molecule has 1 atom stereocenters. The molecule has 2 amide bonds. The molecule has 0 saturated carbocycles. The van der Waals surface area contributed by atoms with Gasteiger partial charge in [0.2, 0.25) is 11.8 Å². The number of rotatable bonds is 13. The monoisotopic (exact) mass is 711 g/mol. The van der Waals surface area contributed by atoms with E-state index in [-0.39, 0.29) is 34.5 Å². The van der Waals surface area contributed by atoms with E-state index in [4.69, 9.17) is 16.3 Å². The van der Waals surface area contributed by atoms with Crippen molar-refractivity contribution in [3.8, 4) is 5.75 Å². The fourth-order valence-corrected chi connectivity index (χ4v) is 6.73. The molecule has 1 unspecified atom stereocenters. The van der Waals surface area contributed by atoms with E-state index < -0.39 is 28.5 Å². The zero-order chi connectivity index (χ0) is 32.6. The zero-order valence-electron chi connectivity index (χ0n) is 25.2. The number of ether oxygens (including phenoxy) is 1. The van der Waals surface area contributed by atoms with Gasteiger partial charge in [-0.2, -0.15) is 0 Å². The molecule has 0 aromatic heterocycles. The summed E-state index contributed by atoms with van der Waals surface area (Å²) in [6, 6.07) is 26.8. The van der Waals surface area contributed by atoms with Crippen molar-refractivity contribution in [2.24, 2.45) is 0 Å². The van der Waals surface area contributed by atoms with E-state index in [0.29, 0.717) is 12.3 Å². The second kappa shape index (κ2) is 15.4. The van der Waals surface area contributed by atoms with Gasteiger partial charge < -0.3 is 15.0 Å². The van der Waals surface area contributed by atoms with E-state index in [1.54, 1.807) is 18.2 Å². The SMILES string of the molecule is CCNC(=O)C(Cc1ccccc1)N(Cc1ccc(Br)cc1)C(=O)CN(c1ccc(OC)c(Cl)c1)S(=O)(=O)c1ccc(C)cc1. The van der Waals surface area contributed by atoms with Crippen LogP contribution in [0.15, 0.2) is 106 Å². The van der Waals surface area contributed by atoms with Gasteiger partial charge in [-0.15, -0.1) is 0 Å². The van der Waals surface area contributed by atoms with Crippen molar-refractivity contribution in [1.82, 2.24) is 10.2 Å². The molecule has 4 aromatic rings. The Morgan fingerprint density at radius 2 is 1.60 bits per heavy atom. The highest BCUT2D eigenvalue weighted by Gasteiger charge is 2.34. The van der Waals surface area contributed by atoms with Crippen LogP contribution < -0.4 is 14.4 Å². The summed E-state index contributed by atoms with van der Waals surface area (Å²) in [4.78, 5) is 29.5. The van der Waals surface area contributed by atoms with Crippen LogP contribution in [0.2, 0.25) is 5.02 Å². The fourth-order valence-electron chi connectivity index (χ4n) is 4.81. The zero-order valence-corrected chi connectivity index (χ0v) is 28.4. The first-order valence-electron chi connectivity index (χ1n) is 14.3. The van der Waals surface area contributed by atoms with Crippen LogP contribution in [0.1, 0.15) is 23.6 Å². The first-order chi connectivity index (χ1) is 21.5. The minimum atomic E-state index is -4.25. The Bertz CT molecular complexity index is 1720. The van der Waals surface area contributed by atoms with Crippen molar-refractivity contribution in [3.63, 3.8) is 0 Å². The summed E-state index contributed by atoms with van der Waals surface area (Å²) in [7, 11) is -2.79. The van der Waals surface area contributed by atoms with Gasteiger partial charge in [0.25, 0.3) is 10.0 Å². The summed E-state index contributed by atoms with van der Waals surface area (Å²) in [5, 5.41) is 3.04. The molecule has 0 radical (unpaired) electrons. The van der Waals surface area contributed by atoms with Crippen LogP contribution in [0.5, 0.6) is 5.75 Å². The van der Waals surface area contributed by atoms with Crippen molar-refractivity contribution in [3.05, 3.63) is 123 Å². The molecule has 0 aliphatic heterocycles. The number of nitrogens with one attached hydrogen (secondary N) is 1. The first kappa shape index (κ1) is 34.0. The number of methoxy groups -OCH3 is 1.